The van der Waals surface area contributed by atoms with Gasteiger partial charge < -0.3 is 14.2 Å². The zero-order chi connectivity index (χ0) is 53.6. The van der Waals surface area contributed by atoms with Crippen LogP contribution in [-0.4, -0.2) is 37.2 Å². The highest BCUT2D eigenvalue weighted by atomic mass is 16.6. The Morgan fingerprint density at radius 3 is 0.865 bits per heavy atom. The summed E-state index contributed by atoms with van der Waals surface area (Å²) in [5.74, 6) is -0.935. The van der Waals surface area contributed by atoms with Crippen molar-refractivity contribution in [3.8, 4) is 0 Å². The number of ether oxygens (including phenoxy) is 3. The summed E-state index contributed by atoms with van der Waals surface area (Å²) in [6.07, 6.45) is 83.6. The summed E-state index contributed by atoms with van der Waals surface area (Å²) in [5.41, 5.74) is 0. The quantitative estimate of drug-likeness (QED) is 0.0261. The van der Waals surface area contributed by atoms with Crippen LogP contribution in [-0.2, 0) is 28.6 Å². The minimum atomic E-state index is -0.801. The molecule has 0 saturated heterocycles. The number of carbonyl (C=O) groups is 3. The van der Waals surface area contributed by atoms with Crippen LogP contribution in [0.1, 0.15) is 284 Å². The van der Waals surface area contributed by atoms with Gasteiger partial charge in [-0.3, -0.25) is 14.4 Å². The van der Waals surface area contributed by atoms with Crippen LogP contribution in [0.25, 0.3) is 0 Å². The Balaban J connectivity index is 4.47. The second-order valence-corrected chi connectivity index (χ2v) is 20.2. The van der Waals surface area contributed by atoms with E-state index in [1.807, 2.05) is 0 Å². The van der Waals surface area contributed by atoms with Gasteiger partial charge >= 0.3 is 17.9 Å². The van der Waals surface area contributed by atoms with Gasteiger partial charge in [-0.15, -0.1) is 0 Å². The number of unbranched alkanes of at least 4 members (excludes halogenated alkanes) is 26. The van der Waals surface area contributed by atoms with Crippen molar-refractivity contribution in [1.82, 2.24) is 0 Å². The molecule has 422 valence electrons. The van der Waals surface area contributed by atoms with Gasteiger partial charge in [0.25, 0.3) is 0 Å². The predicted octanol–water partition coefficient (Wildman–Crippen LogP) is 21.0. The summed E-state index contributed by atoms with van der Waals surface area (Å²) >= 11 is 0. The van der Waals surface area contributed by atoms with Crippen molar-refractivity contribution < 1.29 is 28.6 Å². The molecule has 0 heterocycles. The molecule has 0 spiro atoms. The maximum absolute atomic E-state index is 12.9. The zero-order valence-corrected chi connectivity index (χ0v) is 48.3. The van der Waals surface area contributed by atoms with E-state index in [9.17, 15) is 14.4 Å². The number of rotatable bonds is 55. The van der Waals surface area contributed by atoms with E-state index in [1.54, 1.807) is 0 Å². The Hall–Kier alpha value is -3.93. The summed E-state index contributed by atoms with van der Waals surface area (Å²) in [4.78, 5) is 38.3. The topological polar surface area (TPSA) is 78.9 Å². The molecule has 1 atom stereocenters. The molecule has 0 aliphatic carbocycles. The molecule has 6 heteroatoms. The van der Waals surface area contributed by atoms with E-state index in [-0.39, 0.29) is 31.1 Å². The van der Waals surface area contributed by atoms with Crippen molar-refractivity contribution in [1.29, 1.82) is 0 Å². The molecule has 0 N–H and O–H groups in total. The lowest BCUT2D eigenvalue weighted by Crippen LogP contribution is -2.30. The number of hydrogen-bond acceptors (Lipinski definition) is 6. The fourth-order valence-electron chi connectivity index (χ4n) is 8.35. The summed E-state index contributed by atoms with van der Waals surface area (Å²) in [5, 5.41) is 0. The average Bonchev–Trinajstić information content (AvgIpc) is 3.40. The number of carbonyl (C=O) groups excluding carboxylic acids is 3. The fraction of sp³-hybridized carbons (Fsp3) is 0.691. The number of esters is 3. The van der Waals surface area contributed by atoms with Gasteiger partial charge in [0.1, 0.15) is 13.2 Å². The van der Waals surface area contributed by atoms with Gasteiger partial charge in [-0.1, -0.05) is 246 Å². The van der Waals surface area contributed by atoms with Gasteiger partial charge in [0.05, 0.1) is 0 Å². The summed E-state index contributed by atoms with van der Waals surface area (Å²) < 4.78 is 16.9. The lowest BCUT2D eigenvalue weighted by molar-refractivity contribution is -0.167. The normalized spacial score (nSPS) is 12.9. The first-order valence-electron chi connectivity index (χ1n) is 30.9. The third kappa shape index (κ3) is 59.0. The van der Waals surface area contributed by atoms with Crippen LogP contribution in [0.2, 0.25) is 0 Å². The molecule has 0 amide bonds. The highest BCUT2D eigenvalue weighted by Gasteiger charge is 2.19. The lowest BCUT2D eigenvalue weighted by atomic mass is 10.1. The average molecular weight is 1030 g/mol. The zero-order valence-electron chi connectivity index (χ0n) is 48.3. The van der Waals surface area contributed by atoms with Crippen LogP contribution in [0.4, 0.5) is 0 Å². The van der Waals surface area contributed by atoms with Gasteiger partial charge in [0.2, 0.25) is 0 Å². The molecular weight excluding hydrogens is 913 g/mol. The minimum Gasteiger partial charge on any atom is -0.462 e. The molecule has 0 fully saturated rings. The molecule has 74 heavy (non-hydrogen) atoms. The first kappa shape index (κ1) is 70.1. The Morgan fingerprint density at radius 1 is 0.284 bits per heavy atom. The molecule has 0 aromatic heterocycles. The Labute approximate surface area is 457 Å². The second-order valence-electron chi connectivity index (χ2n) is 20.2. The van der Waals surface area contributed by atoms with Crippen LogP contribution >= 0.6 is 0 Å². The van der Waals surface area contributed by atoms with Gasteiger partial charge in [0, 0.05) is 19.3 Å². The van der Waals surface area contributed by atoms with Crippen molar-refractivity contribution in [2.45, 2.75) is 290 Å². The minimum absolute atomic E-state index is 0.0955. The standard InChI is InChI=1S/C68H114O6/c1-4-7-10-13-16-19-22-25-28-31-34-37-40-43-46-49-52-55-58-61-67(70)73-64-65(63-72-66(69)60-57-54-51-48-45-42-39-36-33-30-27-24-21-18-15-12-9-6-3)74-68(71)62-59-56-53-50-47-44-41-38-35-32-29-26-23-20-17-14-11-8-5-2/h7,10,16-17,19-21,24-26,28-30,33-34,37,43,46,65H,4-6,8-9,11-15,18,22-23,27,31-32,35-36,38-42,44-45,47-64H2,1-3H3/b10-7-,19-16-,20-17-,24-21-,28-25-,29-26-,33-30-,37-34-,46-43-. The van der Waals surface area contributed by atoms with Crippen LogP contribution in [0.15, 0.2) is 109 Å². The number of allylic oxidation sites excluding steroid dienone is 18. The van der Waals surface area contributed by atoms with E-state index in [0.717, 1.165) is 116 Å². The molecular formula is C68H114O6. The first-order valence-corrected chi connectivity index (χ1v) is 30.9. The smallest absolute Gasteiger partial charge is 0.306 e. The van der Waals surface area contributed by atoms with E-state index in [4.69, 9.17) is 14.2 Å². The molecule has 0 aromatic carbocycles. The fourth-order valence-corrected chi connectivity index (χ4v) is 8.35. The van der Waals surface area contributed by atoms with Crippen LogP contribution < -0.4 is 0 Å². The van der Waals surface area contributed by atoms with E-state index < -0.39 is 6.10 Å². The van der Waals surface area contributed by atoms with Crippen molar-refractivity contribution in [3.63, 3.8) is 0 Å². The molecule has 0 rings (SSSR count). The summed E-state index contributed by atoms with van der Waals surface area (Å²) in [6, 6.07) is 0. The second kappa shape index (κ2) is 61.6. The Bertz CT molecular complexity index is 1510. The van der Waals surface area contributed by atoms with Crippen LogP contribution in [0, 0.1) is 0 Å². The lowest BCUT2D eigenvalue weighted by Gasteiger charge is -2.18. The van der Waals surface area contributed by atoms with E-state index in [1.165, 1.54) is 128 Å². The molecule has 0 radical (unpaired) electrons. The highest BCUT2D eigenvalue weighted by Crippen LogP contribution is 2.15. The Morgan fingerprint density at radius 2 is 0.527 bits per heavy atom. The maximum atomic E-state index is 12.9. The monoisotopic (exact) mass is 1030 g/mol. The molecule has 0 aliphatic rings. The van der Waals surface area contributed by atoms with Crippen LogP contribution in [0.3, 0.4) is 0 Å². The first-order chi connectivity index (χ1) is 36.5. The van der Waals surface area contributed by atoms with Gasteiger partial charge in [-0.2, -0.15) is 0 Å². The van der Waals surface area contributed by atoms with E-state index >= 15 is 0 Å². The summed E-state index contributed by atoms with van der Waals surface area (Å²) in [7, 11) is 0. The van der Waals surface area contributed by atoms with E-state index in [0.29, 0.717) is 19.3 Å². The SMILES string of the molecule is CC/C=C\C/C=C\C/C=C\C/C=C\C/C=C\CCCCCC(=O)OCC(COC(=O)CCCCCCCCC/C=C\C/C=C\CCCCCC)OC(=O)CCCCCCCCCCC/C=C\C/C=C\CCCCC. The van der Waals surface area contributed by atoms with Crippen molar-refractivity contribution in [3.05, 3.63) is 109 Å². The van der Waals surface area contributed by atoms with Gasteiger partial charge in [0.15, 0.2) is 6.10 Å². The summed E-state index contributed by atoms with van der Waals surface area (Å²) in [6.45, 7) is 6.46. The molecule has 0 aromatic rings. The third-order valence-corrected chi connectivity index (χ3v) is 13.0. The van der Waals surface area contributed by atoms with Gasteiger partial charge in [-0.25, -0.2) is 0 Å². The molecule has 1 unspecified atom stereocenters. The van der Waals surface area contributed by atoms with Crippen LogP contribution in [0.5, 0.6) is 0 Å². The van der Waals surface area contributed by atoms with Crippen molar-refractivity contribution in [2.75, 3.05) is 13.2 Å². The maximum Gasteiger partial charge on any atom is 0.306 e. The van der Waals surface area contributed by atoms with Gasteiger partial charge in [-0.05, 0) is 128 Å². The molecule has 0 saturated carbocycles. The highest BCUT2D eigenvalue weighted by molar-refractivity contribution is 5.71. The van der Waals surface area contributed by atoms with E-state index in [2.05, 4.69) is 130 Å². The Kier molecular flexibility index (Phi) is 58.3. The molecule has 0 bridgehead atoms. The third-order valence-electron chi connectivity index (χ3n) is 13.0. The van der Waals surface area contributed by atoms with Crippen molar-refractivity contribution in [2.24, 2.45) is 0 Å². The largest absolute Gasteiger partial charge is 0.462 e. The molecule has 0 aliphatic heterocycles. The van der Waals surface area contributed by atoms with Crippen molar-refractivity contribution >= 4 is 17.9 Å². The predicted molar refractivity (Wildman–Crippen MR) is 320 cm³/mol. The molecule has 6 nitrogen and oxygen atoms in total. The number of hydrogen-bond donors (Lipinski definition) is 0.